The van der Waals surface area contributed by atoms with E-state index in [4.69, 9.17) is 0 Å². The maximum Gasteiger partial charge on any atom is 0.143 e. The Bertz CT molecular complexity index is 136. The van der Waals surface area contributed by atoms with Crippen LogP contribution < -0.4 is 0 Å². The van der Waals surface area contributed by atoms with Gasteiger partial charge in [0.15, 0.2) is 0 Å². The Morgan fingerprint density at radius 1 is 1.67 bits per heavy atom. The van der Waals surface area contributed by atoms with E-state index in [9.17, 15) is 4.79 Å². The molecular weight excluding hydrogens is 180 g/mol. The fourth-order valence-electron chi connectivity index (χ4n) is 0.393. The first kappa shape index (κ1) is 8.63. The molecule has 0 aliphatic heterocycles. The molecule has 50 valence electrons. The van der Waals surface area contributed by atoms with Gasteiger partial charge in [0.1, 0.15) is 6.29 Å². The van der Waals surface area contributed by atoms with E-state index < -0.39 is 0 Å². The van der Waals surface area contributed by atoms with Crippen LogP contribution in [0.3, 0.4) is 0 Å². The molecule has 0 fully saturated rings. The molecule has 0 atom stereocenters. The maximum absolute atomic E-state index is 9.86. The van der Waals surface area contributed by atoms with E-state index in [-0.39, 0.29) is 0 Å². The number of halogens is 1. The molecule has 0 amide bonds. The summed E-state index contributed by atoms with van der Waals surface area (Å²) < 4.78 is 0. The van der Waals surface area contributed by atoms with Crippen LogP contribution >= 0.6 is 15.9 Å². The van der Waals surface area contributed by atoms with Gasteiger partial charge in [0, 0.05) is 5.33 Å². The molecule has 0 aliphatic rings. The number of carbonyl (C=O) groups excluding carboxylic acids is 1. The summed E-state index contributed by atoms with van der Waals surface area (Å²) in [6, 6.07) is 0. The molecule has 0 radical (unpaired) electrons. The van der Waals surface area contributed by atoms with Crippen molar-refractivity contribution in [2.75, 3.05) is 5.33 Å². The quantitative estimate of drug-likeness (QED) is 0.287. The van der Waals surface area contributed by atoms with Gasteiger partial charge >= 0.3 is 0 Å². The number of alkyl halides is 1. The highest BCUT2D eigenvalue weighted by Gasteiger charge is 1.76. The minimum absolute atomic E-state index is 0.786. The van der Waals surface area contributed by atoms with Gasteiger partial charge in [-0.2, -0.15) is 0 Å². The largest absolute Gasteiger partial charge is 0.299 e. The van der Waals surface area contributed by atoms with Crippen LogP contribution in [0.5, 0.6) is 0 Å². The van der Waals surface area contributed by atoms with Crippen LogP contribution in [0.4, 0.5) is 0 Å². The summed E-state index contributed by atoms with van der Waals surface area (Å²) in [5.41, 5.74) is 0.976. The minimum atomic E-state index is 0.786. The smallest absolute Gasteiger partial charge is 0.143 e. The second-order valence-corrected chi connectivity index (χ2v) is 2.25. The zero-order chi connectivity index (χ0) is 7.11. The van der Waals surface area contributed by atoms with Gasteiger partial charge in [-0.1, -0.05) is 28.1 Å². The molecule has 0 rings (SSSR count). The Labute approximate surface area is 63.6 Å². The van der Waals surface area contributed by atoms with Gasteiger partial charge in [-0.05, 0) is 18.6 Å². The van der Waals surface area contributed by atoms with Gasteiger partial charge < -0.3 is 0 Å². The lowest BCUT2D eigenvalue weighted by Gasteiger charge is -1.83. The molecule has 1 nitrogen and oxygen atoms in total. The van der Waals surface area contributed by atoms with Crippen LogP contribution in [0.2, 0.25) is 0 Å². The van der Waals surface area contributed by atoms with Crippen LogP contribution in [0, 0.1) is 0 Å². The van der Waals surface area contributed by atoms with Crippen molar-refractivity contribution < 1.29 is 4.79 Å². The van der Waals surface area contributed by atoms with Gasteiger partial charge in [0.2, 0.25) is 0 Å². The van der Waals surface area contributed by atoms with Crippen molar-refractivity contribution >= 4 is 22.2 Å². The van der Waals surface area contributed by atoms with Crippen LogP contribution in [0.1, 0.15) is 6.92 Å². The predicted octanol–water partition coefficient (Wildman–Crippen LogP) is 2.08. The zero-order valence-electron chi connectivity index (χ0n) is 5.30. The van der Waals surface area contributed by atoms with E-state index in [1.165, 1.54) is 6.08 Å². The molecule has 0 aromatic heterocycles. The number of rotatable bonds is 3. The van der Waals surface area contributed by atoms with Gasteiger partial charge in [0.05, 0.1) is 0 Å². The molecule has 0 aromatic carbocycles. The second-order valence-electron chi connectivity index (χ2n) is 1.60. The van der Waals surface area contributed by atoms with Crippen molar-refractivity contribution in [2.24, 2.45) is 0 Å². The number of hydrogen-bond donors (Lipinski definition) is 0. The Morgan fingerprint density at radius 3 is 2.78 bits per heavy atom. The summed E-state index contributed by atoms with van der Waals surface area (Å²) in [5.74, 6) is 0. The lowest BCUT2D eigenvalue weighted by Crippen LogP contribution is -1.69. The van der Waals surface area contributed by atoms with Crippen molar-refractivity contribution in [3.63, 3.8) is 0 Å². The molecule has 0 N–H and O–H groups in total. The van der Waals surface area contributed by atoms with Crippen molar-refractivity contribution in [2.45, 2.75) is 6.92 Å². The Hall–Kier alpha value is -0.370. The van der Waals surface area contributed by atoms with E-state index in [2.05, 4.69) is 15.9 Å². The van der Waals surface area contributed by atoms with Crippen molar-refractivity contribution in [3.05, 3.63) is 23.8 Å². The standard InChI is InChI=1S/C7H9BrO/c1-7(4-6-9)3-2-5-8/h2-4,6H,5H2,1H3/b3-2+,7-4-. The average Bonchev–Trinajstić information content (AvgIpc) is 1.85. The summed E-state index contributed by atoms with van der Waals surface area (Å²) in [7, 11) is 0. The summed E-state index contributed by atoms with van der Waals surface area (Å²) in [6.45, 7) is 1.88. The highest BCUT2D eigenvalue weighted by Crippen LogP contribution is 1.93. The molecular formula is C7H9BrO. The van der Waals surface area contributed by atoms with E-state index in [1.54, 1.807) is 0 Å². The van der Waals surface area contributed by atoms with Crippen LogP contribution in [-0.4, -0.2) is 11.6 Å². The summed E-state index contributed by atoms with van der Waals surface area (Å²) in [5, 5.41) is 0.830. The molecule has 0 unspecified atom stereocenters. The number of allylic oxidation sites excluding steroid dienone is 4. The van der Waals surface area contributed by atoms with Gasteiger partial charge in [-0.25, -0.2) is 0 Å². The fraction of sp³-hybridized carbons (Fsp3) is 0.286. The van der Waals surface area contributed by atoms with Crippen LogP contribution in [-0.2, 0) is 4.79 Å². The molecule has 0 heterocycles. The summed E-state index contributed by atoms with van der Waals surface area (Å²) in [4.78, 5) is 9.86. The fourth-order valence-corrected chi connectivity index (χ4v) is 0.580. The monoisotopic (exact) mass is 188 g/mol. The third-order valence-electron chi connectivity index (χ3n) is 0.801. The molecule has 9 heavy (non-hydrogen) atoms. The highest BCUT2D eigenvalue weighted by atomic mass is 79.9. The number of hydrogen-bond acceptors (Lipinski definition) is 1. The van der Waals surface area contributed by atoms with Crippen LogP contribution in [0.25, 0.3) is 0 Å². The molecule has 0 saturated carbocycles. The minimum Gasteiger partial charge on any atom is -0.299 e. The zero-order valence-corrected chi connectivity index (χ0v) is 6.89. The Kier molecular flexibility index (Phi) is 5.52. The van der Waals surface area contributed by atoms with Gasteiger partial charge in [-0.3, -0.25) is 4.79 Å². The topological polar surface area (TPSA) is 17.1 Å². The maximum atomic E-state index is 9.86. The number of aldehydes is 1. The average molecular weight is 189 g/mol. The first-order valence-electron chi connectivity index (χ1n) is 2.66. The lowest BCUT2D eigenvalue weighted by molar-refractivity contribution is -0.104. The molecule has 0 aromatic rings. The van der Waals surface area contributed by atoms with Crippen molar-refractivity contribution in [1.82, 2.24) is 0 Å². The number of carbonyl (C=O) groups is 1. The van der Waals surface area contributed by atoms with E-state index >= 15 is 0 Å². The van der Waals surface area contributed by atoms with E-state index in [1.807, 2.05) is 19.1 Å². The van der Waals surface area contributed by atoms with Crippen molar-refractivity contribution in [1.29, 1.82) is 0 Å². The highest BCUT2D eigenvalue weighted by molar-refractivity contribution is 9.09. The molecule has 0 spiro atoms. The van der Waals surface area contributed by atoms with Crippen LogP contribution in [0.15, 0.2) is 23.8 Å². The molecule has 0 bridgehead atoms. The van der Waals surface area contributed by atoms with E-state index in [0.717, 1.165) is 17.2 Å². The third-order valence-corrected chi connectivity index (χ3v) is 1.17. The summed E-state index contributed by atoms with van der Waals surface area (Å²) >= 11 is 3.23. The first-order valence-corrected chi connectivity index (χ1v) is 3.78. The SMILES string of the molecule is CC(=C/C=O)/C=C/CBr. The predicted molar refractivity (Wildman–Crippen MR) is 42.8 cm³/mol. The Balaban J connectivity index is 3.74. The normalized spacial score (nSPS) is 12.4. The second kappa shape index (κ2) is 5.76. The van der Waals surface area contributed by atoms with Gasteiger partial charge in [0.25, 0.3) is 0 Å². The molecule has 2 heteroatoms. The van der Waals surface area contributed by atoms with E-state index in [0.29, 0.717) is 0 Å². The molecule has 0 aliphatic carbocycles. The first-order chi connectivity index (χ1) is 4.31. The Morgan fingerprint density at radius 2 is 2.33 bits per heavy atom. The lowest BCUT2D eigenvalue weighted by atomic mass is 10.3. The summed E-state index contributed by atoms with van der Waals surface area (Å²) in [6.07, 6.45) is 6.14. The third kappa shape index (κ3) is 5.50. The van der Waals surface area contributed by atoms with Gasteiger partial charge in [-0.15, -0.1) is 0 Å². The molecule has 0 saturated heterocycles. The van der Waals surface area contributed by atoms with Crippen molar-refractivity contribution in [3.8, 4) is 0 Å².